The van der Waals surface area contributed by atoms with E-state index in [2.05, 4.69) is 25.5 Å². The van der Waals surface area contributed by atoms with Crippen LogP contribution in [-0.2, 0) is 0 Å². The van der Waals surface area contributed by atoms with E-state index >= 15 is 0 Å². The summed E-state index contributed by atoms with van der Waals surface area (Å²) < 4.78 is 0. The van der Waals surface area contributed by atoms with Gasteiger partial charge in [-0.25, -0.2) is 15.1 Å². The second-order valence-corrected chi connectivity index (χ2v) is 4.83. The van der Waals surface area contributed by atoms with Crippen molar-refractivity contribution in [2.45, 2.75) is 6.92 Å². The fourth-order valence-corrected chi connectivity index (χ4v) is 2.04. The largest absolute Gasteiger partial charge is 0.321 e. The summed E-state index contributed by atoms with van der Waals surface area (Å²) in [5.74, 6) is 0.270. The van der Waals surface area contributed by atoms with E-state index in [4.69, 9.17) is 0 Å². The van der Waals surface area contributed by atoms with Gasteiger partial charge < -0.3 is 5.32 Å². The van der Waals surface area contributed by atoms with Gasteiger partial charge in [0.15, 0.2) is 0 Å². The Morgan fingerprint density at radius 3 is 2.78 bits per heavy atom. The number of carbonyl (C=O) groups excluding carboxylic acids is 1. The first-order valence-corrected chi connectivity index (χ1v) is 6.89. The molecule has 0 unspecified atom stereocenters. The number of hydrogen-bond acceptors (Lipinski definition) is 5. The Kier molecular flexibility index (Phi) is 3.92. The predicted molar refractivity (Wildman–Crippen MR) is 85.0 cm³/mol. The van der Waals surface area contributed by atoms with Crippen LogP contribution >= 0.6 is 0 Å². The Morgan fingerprint density at radius 2 is 2.04 bits per heavy atom. The number of amides is 1. The molecule has 0 fully saturated rings. The van der Waals surface area contributed by atoms with Gasteiger partial charge in [0.25, 0.3) is 11.5 Å². The number of nitrogens with one attached hydrogen (secondary N) is 2. The zero-order valence-corrected chi connectivity index (χ0v) is 12.3. The second-order valence-electron chi connectivity index (χ2n) is 4.83. The molecule has 0 radical (unpaired) electrons. The molecule has 3 rings (SSSR count). The van der Waals surface area contributed by atoms with Crippen molar-refractivity contribution in [2.75, 3.05) is 5.32 Å². The predicted octanol–water partition coefficient (Wildman–Crippen LogP) is 1.79. The Balaban J connectivity index is 1.84. The standard InChI is InChI=1S/C16H13N5O2/c1-10-17-8-7-13(18-10)11-3-2-4-12(9-11)19-16(23)14-5-6-15(22)21-20-14/h2-9H,1H3,(H,19,23)(H,21,22). The molecule has 0 bridgehead atoms. The number of aryl methyl sites for hydroxylation is 1. The number of benzene rings is 1. The number of aromatic amines is 1. The van der Waals surface area contributed by atoms with E-state index in [9.17, 15) is 9.59 Å². The highest BCUT2D eigenvalue weighted by Crippen LogP contribution is 2.20. The summed E-state index contributed by atoms with van der Waals surface area (Å²) in [6, 6.07) is 11.7. The number of aromatic nitrogens is 4. The van der Waals surface area contributed by atoms with E-state index in [1.165, 1.54) is 12.1 Å². The molecule has 0 atom stereocenters. The lowest BCUT2D eigenvalue weighted by Gasteiger charge is -2.07. The fraction of sp³-hybridized carbons (Fsp3) is 0.0625. The van der Waals surface area contributed by atoms with Crippen molar-refractivity contribution in [1.29, 1.82) is 0 Å². The van der Waals surface area contributed by atoms with Crippen molar-refractivity contribution in [1.82, 2.24) is 20.2 Å². The SMILES string of the molecule is Cc1nccc(-c2cccc(NC(=O)c3ccc(=O)[nH]n3)c2)n1. The number of anilines is 1. The highest BCUT2D eigenvalue weighted by molar-refractivity contribution is 6.02. The van der Waals surface area contributed by atoms with E-state index in [-0.39, 0.29) is 11.3 Å². The topological polar surface area (TPSA) is 101 Å². The third-order valence-electron chi connectivity index (χ3n) is 3.10. The molecular weight excluding hydrogens is 294 g/mol. The normalized spacial score (nSPS) is 10.3. The maximum absolute atomic E-state index is 12.1. The molecule has 3 aromatic rings. The number of nitrogens with zero attached hydrogens (tertiary/aromatic N) is 3. The molecule has 0 saturated heterocycles. The minimum absolute atomic E-state index is 0.132. The molecule has 114 valence electrons. The van der Waals surface area contributed by atoms with Crippen LogP contribution in [0.3, 0.4) is 0 Å². The fourth-order valence-electron chi connectivity index (χ4n) is 2.04. The molecule has 0 saturated carbocycles. The van der Waals surface area contributed by atoms with Crippen molar-refractivity contribution in [3.05, 3.63) is 70.5 Å². The van der Waals surface area contributed by atoms with Crippen LogP contribution in [-0.4, -0.2) is 26.1 Å². The van der Waals surface area contributed by atoms with Crippen molar-refractivity contribution in [3.8, 4) is 11.3 Å². The molecule has 7 heteroatoms. The molecule has 0 aliphatic rings. The van der Waals surface area contributed by atoms with Crippen LogP contribution in [0.5, 0.6) is 0 Å². The Labute approximate surface area is 131 Å². The lowest BCUT2D eigenvalue weighted by molar-refractivity contribution is 0.102. The maximum Gasteiger partial charge on any atom is 0.276 e. The van der Waals surface area contributed by atoms with Gasteiger partial charge in [-0.1, -0.05) is 12.1 Å². The first-order valence-electron chi connectivity index (χ1n) is 6.89. The highest BCUT2D eigenvalue weighted by Gasteiger charge is 2.09. The van der Waals surface area contributed by atoms with Gasteiger partial charge in [-0.3, -0.25) is 9.59 Å². The minimum Gasteiger partial charge on any atom is -0.321 e. The summed E-state index contributed by atoms with van der Waals surface area (Å²) in [6.07, 6.45) is 1.69. The zero-order valence-electron chi connectivity index (χ0n) is 12.3. The summed E-state index contributed by atoms with van der Waals surface area (Å²) in [4.78, 5) is 31.5. The van der Waals surface area contributed by atoms with Crippen LogP contribution in [0.15, 0.2) is 53.5 Å². The molecule has 2 heterocycles. The van der Waals surface area contributed by atoms with E-state index in [1.54, 1.807) is 18.3 Å². The first kappa shape index (κ1) is 14.6. The van der Waals surface area contributed by atoms with Crippen molar-refractivity contribution in [2.24, 2.45) is 0 Å². The zero-order chi connectivity index (χ0) is 16.2. The molecule has 2 aromatic heterocycles. The van der Waals surface area contributed by atoms with Gasteiger partial charge in [0.2, 0.25) is 0 Å². The van der Waals surface area contributed by atoms with Gasteiger partial charge in [0, 0.05) is 23.5 Å². The van der Waals surface area contributed by atoms with Crippen molar-refractivity contribution >= 4 is 11.6 Å². The molecule has 0 spiro atoms. The molecular formula is C16H13N5O2. The average Bonchev–Trinajstić information content (AvgIpc) is 2.56. The maximum atomic E-state index is 12.1. The summed E-state index contributed by atoms with van der Waals surface area (Å²) in [5, 5.41) is 8.66. The van der Waals surface area contributed by atoms with Crippen LogP contribution in [0.4, 0.5) is 5.69 Å². The van der Waals surface area contributed by atoms with Gasteiger partial charge in [-0.15, -0.1) is 0 Å². The monoisotopic (exact) mass is 307 g/mol. The minimum atomic E-state index is -0.405. The van der Waals surface area contributed by atoms with Gasteiger partial charge >= 0.3 is 0 Å². The van der Waals surface area contributed by atoms with Gasteiger partial charge in [0.05, 0.1) is 5.69 Å². The molecule has 1 amide bonds. The van der Waals surface area contributed by atoms with E-state index in [0.29, 0.717) is 11.5 Å². The van der Waals surface area contributed by atoms with Crippen LogP contribution in [0, 0.1) is 6.92 Å². The first-order chi connectivity index (χ1) is 11.1. The highest BCUT2D eigenvalue weighted by atomic mass is 16.2. The van der Waals surface area contributed by atoms with E-state index < -0.39 is 5.91 Å². The van der Waals surface area contributed by atoms with Crippen molar-refractivity contribution < 1.29 is 4.79 Å². The Bertz CT molecular complexity index is 900. The summed E-state index contributed by atoms with van der Waals surface area (Å²) in [6.45, 7) is 1.82. The average molecular weight is 307 g/mol. The molecule has 1 aromatic carbocycles. The lowest BCUT2D eigenvalue weighted by atomic mass is 10.1. The van der Waals surface area contributed by atoms with Crippen LogP contribution in [0.25, 0.3) is 11.3 Å². The molecule has 2 N–H and O–H groups in total. The number of carbonyl (C=O) groups is 1. The van der Waals surface area contributed by atoms with Crippen LogP contribution in [0.1, 0.15) is 16.3 Å². The second kappa shape index (κ2) is 6.18. The van der Waals surface area contributed by atoms with Gasteiger partial charge in [-0.05, 0) is 31.2 Å². The molecule has 23 heavy (non-hydrogen) atoms. The van der Waals surface area contributed by atoms with Gasteiger partial charge in [0.1, 0.15) is 11.5 Å². The number of H-pyrrole nitrogens is 1. The van der Waals surface area contributed by atoms with E-state index in [1.807, 2.05) is 25.1 Å². The molecule has 7 nitrogen and oxygen atoms in total. The Morgan fingerprint density at radius 1 is 1.17 bits per heavy atom. The lowest BCUT2D eigenvalue weighted by Crippen LogP contribution is -2.17. The number of hydrogen-bond donors (Lipinski definition) is 2. The summed E-state index contributed by atoms with van der Waals surface area (Å²) in [5.41, 5.74) is 2.02. The third-order valence-corrected chi connectivity index (χ3v) is 3.10. The molecule has 0 aliphatic heterocycles. The quantitative estimate of drug-likeness (QED) is 0.768. The summed E-state index contributed by atoms with van der Waals surface area (Å²) in [7, 11) is 0. The third kappa shape index (κ3) is 3.46. The Hall–Kier alpha value is -3.35. The smallest absolute Gasteiger partial charge is 0.276 e. The van der Waals surface area contributed by atoms with Gasteiger partial charge in [-0.2, -0.15) is 5.10 Å². The van der Waals surface area contributed by atoms with Crippen molar-refractivity contribution in [3.63, 3.8) is 0 Å². The molecule has 0 aliphatic carbocycles. The van der Waals surface area contributed by atoms with Crippen LogP contribution in [0.2, 0.25) is 0 Å². The van der Waals surface area contributed by atoms with Crippen LogP contribution < -0.4 is 10.9 Å². The number of rotatable bonds is 3. The van der Waals surface area contributed by atoms with E-state index in [0.717, 1.165) is 11.3 Å². The summed E-state index contributed by atoms with van der Waals surface area (Å²) >= 11 is 0.